The van der Waals surface area contributed by atoms with Crippen LogP contribution in [0.25, 0.3) is 0 Å². The molecule has 1 aromatic carbocycles. The van der Waals surface area contributed by atoms with Gasteiger partial charge in [0.05, 0.1) is 12.8 Å². The van der Waals surface area contributed by atoms with Crippen LogP contribution in [0.3, 0.4) is 0 Å². The third-order valence-corrected chi connectivity index (χ3v) is 3.95. The van der Waals surface area contributed by atoms with E-state index in [1.165, 1.54) is 5.56 Å². The van der Waals surface area contributed by atoms with Crippen LogP contribution in [-0.4, -0.2) is 37.0 Å². The molecular weight excluding hydrogens is 238 g/mol. The van der Waals surface area contributed by atoms with Crippen LogP contribution in [0.5, 0.6) is 5.75 Å². The van der Waals surface area contributed by atoms with Gasteiger partial charge in [0, 0.05) is 17.2 Å². The van der Waals surface area contributed by atoms with Crippen LogP contribution in [-0.2, 0) is 4.79 Å². The van der Waals surface area contributed by atoms with Gasteiger partial charge in [0.25, 0.3) is 0 Å². The van der Waals surface area contributed by atoms with Gasteiger partial charge in [-0.1, -0.05) is 6.07 Å². The van der Waals surface area contributed by atoms with Gasteiger partial charge >= 0.3 is 5.97 Å². The topological polar surface area (TPSA) is 49.8 Å². The van der Waals surface area contributed by atoms with E-state index in [0.717, 1.165) is 28.6 Å². The zero-order valence-corrected chi connectivity index (χ0v) is 10.7. The van der Waals surface area contributed by atoms with Gasteiger partial charge in [-0.15, -0.1) is 11.8 Å². The summed E-state index contributed by atoms with van der Waals surface area (Å²) < 4.78 is 5.33. The third kappa shape index (κ3) is 2.34. The first kappa shape index (κ1) is 12.1. The summed E-state index contributed by atoms with van der Waals surface area (Å²) in [6.07, 6.45) is 0. The zero-order valence-electron chi connectivity index (χ0n) is 9.90. The number of hydrogen-bond donors (Lipinski definition) is 1. The highest BCUT2D eigenvalue weighted by Gasteiger charge is 2.24. The number of carboxylic acids is 1. The van der Waals surface area contributed by atoms with Crippen molar-refractivity contribution in [1.29, 1.82) is 0 Å². The number of benzene rings is 1. The van der Waals surface area contributed by atoms with Crippen LogP contribution in [0.2, 0.25) is 0 Å². The van der Waals surface area contributed by atoms with E-state index in [9.17, 15) is 4.79 Å². The zero-order chi connectivity index (χ0) is 12.4. The second-order valence-electron chi connectivity index (χ2n) is 3.93. The number of thioether (sulfide) groups is 1. The minimum atomic E-state index is -0.814. The van der Waals surface area contributed by atoms with Crippen LogP contribution in [0, 0.1) is 6.92 Å². The molecule has 0 spiro atoms. The Hall–Kier alpha value is -1.36. The molecule has 0 radical (unpaired) electrons. The van der Waals surface area contributed by atoms with E-state index in [1.54, 1.807) is 18.9 Å². The number of aliphatic carboxylic acids is 1. The van der Waals surface area contributed by atoms with Crippen molar-refractivity contribution in [2.75, 3.05) is 30.9 Å². The maximum absolute atomic E-state index is 10.9. The summed E-state index contributed by atoms with van der Waals surface area (Å²) in [6.45, 7) is 2.80. The van der Waals surface area contributed by atoms with Gasteiger partial charge in [0.2, 0.25) is 0 Å². The molecule has 2 rings (SSSR count). The van der Waals surface area contributed by atoms with E-state index in [2.05, 4.69) is 0 Å². The molecule has 0 saturated carbocycles. The number of nitrogens with zero attached hydrogens (tertiary/aromatic N) is 1. The highest BCUT2D eigenvalue weighted by molar-refractivity contribution is 7.99. The lowest BCUT2D eigenvalue weighted by molar-refractivity contribution is -0.135. The molecule has 1 aromatic rings. The highest BCUT2D eigenvalue weighted by Crippen LogP contribution is 2.43. The summed E-state index contributed by atoms with van der Waals surface area (Å²) in [4.78, 5) is 13.9. The number of carbonyl (C=O) groups is 1. The van der Waals surface area contributed by atoms with Crippen LogP contribution >= 0.6 is 11.8 Å². The summed E-state index contributed by atoms with van der Waals surface area (Å²) in [5.41, 5.74) is 2.09. The number of aryl methyl sites for hydroxylation is 1. The molecule has 1 N–H and O–H groups in total. The first-order chi connectivity index (χ1) is 8.13. The van der Waals surface area contributed by atoms with E-state index in [4.69, 9.17) is 9.84 Å². The van der Waals surface area contributed by atoms with Crippen molar-refractivity contribution in [3.63, 3.8) is 0 Å². The molecule has 1 aliphatic heterocycles. The van der Waals surface area contributed by atoms with Crippen molar-refractivity contribution < 1.29 is 14.6 Å². The van der Waals surface area contributed by atoms with Gasteiger partial charge in [-0.05, 0) is 18.6 Å². The molecule has 0 unspecified atom stereocenters. The minimum Gasteiger partial charge on any atom is -0.495 e. The van der Waals surface area contributed by atoms with E-state index in [1.807, 2.05) is 24.0 Å². The summed E-state index contributed by atoms with van der Waals surface area (Å²) in [5.74, 6) is 0.847. The molecule has 1 heterocycles. The Kier molecular flexibility index (Phi) is 3.47. The normalized spacial score (nSPS) is 14.4. The summed E-state index contributed by atoms with van der Waals surface area (Å²) in [7, 11) is 1.61. The third-order valence-electron chi connectivity index (χ3n) is 2.76. The van der Waals surface area contributed by atoms with Crippen molar-refractivity contribution in [1.82, 2.24) is 0 Å². The van der Waals surface area contributed by atoms with E-state index in [-0.39, 0.29) is 6.54 Å². The van der Waals surface area contributed by atoms with Crippen molar-refractivity contribution >= 4 is 23.4 Å². The van der Waals surface area contributed by atoms with Crippen LogP contribution in [0.4, 0.5) is 5.69 Å². The molecule has 0 aromatic heterocycles. The molecule has 0 atom stereocenters. The van der Waals surface area contributed by atoms with Gasteiger partial charge < -0.3 is 14.7 Å². The quantitative estimate of drug-likeness (QED) is 0.893. The van der Waals surface area contributed by atoms with Crippen LogP contribution in [0.15, 0.2) is 17.0 Å². The Balaban J connectivity index is 2.47. The largest absolute Gasteiger partial charge is 0.495 e. The minimum absolute atomic E-state index is 0.0212. The maximum atomic E-state index is 10.9. The first-order valence-corrected chi connectivity index (χ1v) is 6.39. The Morgan fingerprint density at radius 3 is 3.00 bits per heavy atom. The standard InChI is InChI=1S/C12H15NO3S/c1-8-3-4-9(16-2)11-12(8)17-6-5-13(11)7-10(14)15/h3-4H,5-7H2,1-2H3,(H,14,15). The predicted molar refractivity (Wildman–Crippen MR) is 68.3 cm³/mol. The van der Waals surface area contributed by atoms with Gasteiger partial charge in [-0.25, -0.2) is 0 Å². The molecule has 17 heavy (non-hydrogen) atoms. The van der Waals surface area contributed by atoms with E-state index in [0.29, 0.717) is 0 Å². The fourth-order valence-electron chi connectivity index (χ4n) is 1.99. The predicted octanol–water partition coefficient (Wildman–Crippen LogP) is 2.00. The summed E-state index contributed by atoms with van der Waals surface area (Å²) in [5, 5.41) is 8.93. The number of hydrogen-bond acceptors (Lipinski definition) is 4. The SMILES string of the molecule is COc1ccc(C)c2c1N(CC(=O)O)CCS2. The fourth-order valence-corrected chi connectivity index (χ4v) is 3.17. The number of methoxy groups -OCH3 is 1. The number of rotatable bonds is 3. The lowest BCUT2D eigenvalue weighted by Gasteiger charge is -2.31. The smallest absolute Gasteiger partial charge is 0.323 e. The Morgan fingerprint density at radius 2 is 2.35 bits per heavy atom. The van der Waals surface area contributed by atoms with Crippen LogP contribution in [0.1, 0.15) is 5.56 Å². The molecular formula is C12H15NO3S. The van der Waals surface area contributed by atoms with Crippen LogP contribution < -0.4 is 9.64 Å². The molecule has 0 bridgehead atoms. The van der Waals surface area contributed by atoms with Crippen molar-refractivity contribution in [3.8, 4) is 5.75 Å². The van der Waals surface area contributed by atoms with Crippen molar-refractivity contribution in [2.24, 2.45) is 0 Å². The lowest BCUT2D eigenvalue weighted by atomic mass is 10.1. The number of anilines is 1. The molecule has 0 saturated heterocycles. The average molecular weight is 253 g/mol. The fraction of sp³-hybridized carbons (Fsp3) is 0.417. The maximum Gasteiger partial charge on any atom is 0.323 e. The average Bonchev–Trinajstić information content (AvgIpc) is 2.30. The van der Waals surface area contributed by atoms with Gasteiger partial charge in [0.1, 0.15) is 12.3 Å². The highest BCUT2D eigenvalue weighted by atomic mass is 32.2. The Bertz CT molecular complexity index is 448. The molecule has 5 heteroatoms. The second kappa shape index (κ2) is 4.87. The molecule has 0 aliphatic carbocycles. The van der Waals surface area contributed by atoms with Crippen molar-refractivity contribution in [2.45, 2.75) is 11.8 Å². The Labute approximate surface area is 105 Å². The second-order valence-corrected chi connectivity index (χ2v) is 5.03. The molecule has 92 valence electrons. The number of fused-ring (bicyclic) bond motifs is 1. The summed E-state index contributed by atoms with van der Waals surface area (Å²) >= 11 is 1.76. The first-order valence-electron chi connectivity index (χ1n) is 5.40. The summed E-state index contributed by atoms with van der Waals surface area (Å²) in [6, 6.07) is 3.91. The van der Waals surface area contributed by atoms with Gasteiger partial charge in [0.15, 0.2) is 0 Å². The molecule has 1 aliphatic rings. The van der Waals surface area contributed by atoms with E-state index >= 15 is 0 Å². The van der Waals surface area contributed by atoms with Gasteiger partial charge in [-0.2, -0.15) is 0 Å². The molecule has 0 fully saturated rings. The van der Waals surface area contributed by atoms with Gasteiger partial charge in [-0.3, -0.25) is 4.79 Å². The number of ether oxygens (including phenoxy) is 1. The van der Waals surface area contributed by atoms with E-state index < -0.39 is 5.97 Å². The molecule has 4 nitrogen and oxygen atoms in total. The number of carboxylic acid groups (broad SMARTS) is 1. The van der Waals surface area contributed by atoms with Crippen molar-refractivity contribution in [3.05, 3.63) is 17.7 Å². The molecule has 0 amide bonds. The lowest BCUT2D eigenvalue weighted by Crippen LogP contribution is -2.34. The Morgan fingerprint density at radius 1 is 1.59 bits per heavy atom. The monoisotopic (exact) mass is 253 g/mol.